The largest absolute Gasteiger partial charge is 0.496 e. The Morgan fingerprint density at radius 3 is 2.56 bits per heavy atom. The molecule has 0 amide bonds. The van der Waals surface area contributed by atoms with Crippen LogP contribution < -0.4 is 20.3 Å². The number of anilines is 2. The van der Waals surface area contributed by atoms with E-state index in [9.17, 15) is 4.79 Å². The van der Waals surface area contributed by atoms with E-state index in [-0.39, 0.29) is 5.75 Å². The Hall–Kier alpha value is -2.99. The minimum Gasteiger partial charge on any atom is -0.496 e. The molecule has 1 aromatic heterocycles. The van der Waals surface area contributed by atoms with Gasteiger partial charge in [-0.3, -0.25) is 4.79 Å². The van der Waals surface area contributed by atoms with Crippen LogP contribution in [0.15, 0.2) is 53.5 Å². The lowest BCUT2D eigenvalue weighted by atomic mass is 10.2. The Bertz CT molecular complexity index is 1020. The van der Waals surface area contributed by atoms with Crippen LogP contribution >= 0.6 is 11.6 Å². The van der Waals surface area contributed by atoms with E-state index in [0.717, 1.165) is 22.6 Å². The Kier molecular flexibility index (Phi) is 5.66. The SMILES string of the molecule is COc1cccc(Nc2nc(=O)c(OC)cn2Cc2cccc(Cl)c2)c1C. The highest BCUT2D eigenvalue weighted by atomic mass is 35.5. The molecule has 0 aliphatic carbocycles. The molecule has 0 aliphatic rings. The van der Waals surface area contributed by atoms with Crippen molar-refractivity contribution in [3.05, 3.63) is 75.2 Å². The molecule has 140 valence electrons. The number of aromatic nitrogens is 2. The van der Waals surface area contributed by atoms with E-state index < -0.39 is 5.56 Å². The molecule has 0 spiro atoms. The van der Waals surface area contributed by atoms with Gasteiger partial charge in [0.25, 0.3) is 0 Å². The Morgan fingerprint density at radius 2 is 1.85 bits per heavy atom. The Labute approximate surface area is 162 Å². The minimum atomic E-state index is -0.442. The Balaban J connectivity index is 2.03. The topological polar surface area (TPSA) is 65.4 Å². The number of hydrogen-bond donors (Lipinski definition) is 1. The van der Waals surface area contributed by atoms with Gasteiger partial charge < -0.3 is 19.4 Å². The predicted molar refractivity (Wildman–Crippen MR) is 107 cm³/mol. The van der Waals surface area contributed by atoms with Crippen molar-refractivity contribution in [1.82, 2.24) is 9.55 Å². The molecule has 27 heavy (non-hydrogen) atoms. The molecule has 6 nitrogen and oxygen atoms in total. The fraction of sp³-hybridized carbons (Fsp3) is 0.200. The van der Waals surface area contributed by atoms with E-state index in [1.165, 1.54) is 7.11 Å². The van der Waals surface area contributed by atoms with E-state index in [1.807, 2.05) is 54.0 Å². The van der Waals surface area contributed by atoms with E-state index >= 15 is 0 Å². The highest BCUT2D eigenvalue weighted by molar-refractivity contribution is 6.30. The third-order valence-corrected chi connectivity index (χ3v) is 4.41. The molecule has 0 atom stereocenters. The number of nitrogens with one attached hydrogen (secondary N) is 1. The highest BCUT2D eigenvalue weighted by Crippen LogP contribution is 2.27. The predicted octanol–water partition coefficient (Wildman–Crippen LogP) is 4.01. The second kappa shape index (κ2) is 8.14. The molecule has 0 unspecified atom stereocenters. The van der Waals surface area contributed by atoms with Gasteiger partial charge in [0.2, 0.25) is 11.7 Å². The molecule has 0 bridgehead atoms. The Morgan fingerprint density at radius 1 is 1.11 bits per heavy atom. The van der Waals surface area contributed by atoms with Crippen molar-refractivity contribution < 1.29 is 9.47 Å². The first-order valence-electron chi connectivity index (χ1n) is 8.32. The molecular formula is C20H20ClN3O3. The molecular weight excluding hydrogens is 366 g/mol. The fourth-order valence-electron chi connectivity index (χ4n) is 2.76. The summed E-state index contributed by atoms with van der Waals surface area (Å²) in [5.41, 5.74) is 2.24. The molecule has 2 aromatic carbocycles. The van der Waals surface area contributed by atoms with Gasteiger partial charge in [-0.1, -0.05) is 29.8 Å². The maximum Gasteiger partial charge on any atom is 0.316 e. The average Bonchev–Trinajstić information content (AvgIpc) is 2.65. The maximum atomic E-state index is 12.2. The molecule has 3 rings (SSSR count). The third-order valence-electron chi connectivity index (χ3n) is 4.18. The first-order valence-corrected chi connectivity index (χ1v) is 8.70. The van der Waals surface area contributed by atoms with Gasteiger partial charge in [0.05, 0.1) is 27.0 Å². The lowest BCUT2D eigenvalue weighted by molar-refractivity contribution is 0.402. The van der Waals surface area contributed by atoms with E-state index in [1.54, 1.807) is 13.3 Å². The molecule has 0 radical (unpaired) electrons. The lowest BCUT2D eigenvalue weighted by Gasteiger charge is -2.17. The van der Waals surface area contributed by atoms with Crippen molar-refractivity contribution in [2.75, 3.05) is 19.5 Å². The zero-order chi connectivity index (χ0) is 19.4. The standard InChI is InChI=1S/C20H20ClN3O3/c1-13-16(8-5-9-17(13)26-2)22-20-23-19(25)18(27-3)12-24(20)11-14-6-4-7-15(21)10-14/h4-10,12H,11H2,1-3H3,(H,22,23,25). The van der Waals surface area contributed by atoms with Crippen LogP contribution in [0.2, 0.25) is 5.02 Å². The quantitative estimate of drug-likeness (QED) is 0.694. The van der Waals surface area contributed by atoms with Crippen LogP contribution in [0, 0.1) is 6.92 Å². The van der Waals surface area contributed by atoms with Crippen LogP contribution in [0.5, 0.6) is 11.5 Å². The number of benzene rings is 2. The van der Waals surface area contributed by atoms with Gasteiger partial charge >= 0.3 is 5.56 Å². The van der Waals surface area contributed by atoms with Crippen LogP contribution in [0.25, 0.3) is 0 Å². The lowest BCUT2D eigenvalue weighted by Crippen LogP contribution is -2.19. The molecule has 0 aliphatic heterocycles. The van der Waals surface area contributed by atoms with Gasteiger partial charge in [0, 0.05) is 16.3 Å². The normalized spacial score (nSPS) is 10.5. The molecule has 3 aromatic rings. The summed E-state index contributed by atoms with van der Waals surface area (Å²) in [6, 6.07) is 13.2. The summed E-state index contributed by atoms with van der Waals surface area (Å²) in [6.07, 6.45) is 1.63. The molecule has 0 saturated heterocycles. The van der Waals surface area contributed by atoms with Gasteiger partial charge in [-0.2, -0.15) is 4.98 Å². The van der Waals surface area contributed by atoms with E-state index in [4.69, 9.17) is 21.1 Å². The van der Waals surface area contributed by atoms with Crippen LogP contribution in [-0.4, -0.2) is 23.8 Å². The number of nitrogens with zero attached hydrogens (tertiary/aromatic N) is 2. The summed E-state index contributed by atoms with van der Waals surface area (Å²) < 4.78 is 12.3. The van der Waals surface area contributed by atoms with Gasteiger partial charge in [-0.15, -0.1) is 0 Å². The first-order chi connectivity index (χ1) is 13.0. The van der Waals surface area contributed by atoms with Crippen LogP contribution in [-0.2, 0) is 6.54 Å². The monoisotopic (exact) mass is 385 g/mol. The van der Waals surface area contributed by atoms with Crippen LogP contribution in [0.4, 0.5) is 11.6 Å². The summed E-state index contributed by atoms with van der Waals surface area (Å²) in [4.78, 5) is 16.3. The van der Waals surface area contributed by atoms with Crippen molar-refractivity contribution in [3.63, 3.8) is 0 Å². The molecule has 7 heteroatoms. The van der Waals surface area contributed by atoms with Gasteiger partial charge in [-0.05, 0) is 36.8 Å². The van der Waals surface area contributed by atoms with Crippen molar-refractivity contribution in [2.45, 2.75) is 13.5 Å². The zero-order valence-corrected chi connectivity index (χ0v) is 16.1. The molecule has 1 heterocycles. The zero-order valence-electron chi connectivity index (χ0n) is 15.3. The number of methoxy groups -OCH3 is 2. The minimum absolute atomic E-state index is 0.171. The van der Waals surface area contributed by atoms with Crippen molar-refractivity contribution in [1.29, 1.82) is 0 Å². The summed E-state index contributed by atoms with van der Waals surface area (Å²) >= 11 is 6.09. The summed E-state index contributed by atoms with van der Waals surface area (Å²) in [7, 11) is 3.06. The first kappa shape index (κ1) is 18.8. The fourth-order valence-corrected chi connectivity index (χ4v) is 2.97. The smallest absolute Gasteiger partial charge is 0.316 e. The van der Waals surface area contributed by atoms with Gasteiger partial charge in [0.1, 0.15) is 5.75 Å². The number of hydrogen-bond acceptors (Lipinski definition) is 5. The van der Waals surface area contributed by atoms with Crippen LogP contribution in [0.3, 0.4) is 0 Å². The number of halogens is 1. The van der Waals surface area contributed by atoms with Crippen molar-refractivity contribution in [2.24, 2.45) is 0 Å². The van der Waals surface area contributed by atoms with Crippen molar-refractivity contribution >= 4 is 23.2 Å². The van der Waals surface area contributed by atoms with E-state index in [2.05, 4.69) is 10.3 Å². The third kappa shape index (κ3) is 4.23. The highest BCUT2D eigenvalue weighted by Gasteiger charge is 2.12. The second-order valence-corrected chi connectivity index (χ2v) is 6.39. The number of rotatable bonds is 6. The van der Waals surface area contributed by atoms with Gasteiger partial charge in [0.15, 0.2) is 0 Å². The molecule has 0 fully saturated rings. The summed E-state index contributed by atoms with van der Waals surface area (Å²) in [5, 5.41) is 3.87. The second-order valence-electron chi connectivity index (χ2n) is 5.95. The molecule has 0 saturated carbocycles. The van der Waals surface area contributed by atoms with E-state index in [0.29, 0.717) is 17.5 Å². The molecule has 1 N–H and O–H groups in total. The van der Waals surface area contributed by atoms with Crippen LogP contribution in [0.1, 0.15) is 11.1 Å². The van der Waals surface area contributed by atoms with Crippen molar-refractivity contribution in [3.8, 4) is 11.5 Å². The summed E-state index contributed by atoms with van der Waals surface area (Å²) in [5.74, 6) is 1.32. The average molecular weight is 386 g/mol. The number of ether oxygens (including phenoxy) is 2. The maximum absolute atomic E-state index is 12.2. The van der Waals surface area contributed by atoms with Gasteiger partial charge in [-0.25, -0.2) is 0 Å². The summed E-state index contributed by atoms with van der Waals surface area (Å²) in [6.45, 7) is 2.40.